The van der Waals surface area contributed by atoms with Crippen LogP contribution in [0.15, 0.2) is 24.3 Å². The van der Waals surface area contributed by atoms with Crippen LogP contribution in [0.4, 0.5) is 0 Å². The Bertz CT molecular complexity index is 797. The third kappa shape index (κ3) is 4.79. The van der Waals surface area contributed by atoms with Crippen molar-refractivity contribution in [1.29, 1.82) is 0 Å². The van der Waals surface area contributed by atoms with Gasteiger partial charge in [-0.05, 0) is 50.6 Å². The van der Waals surface area contributed by atoms with Gasteiger partial charge in [0.05, 0.1) is 12.6 Å². The predicted molar refractivity (Wildman–Crippen MR) is 93.3 cm³/mol. The van der Waals surface area contributed by atoms with Crippen molar-refractivity contribution < 1.29 is 24.3 Å². The van der Waals surface area contributed by atoms with Gasteiger partial charge in [-0.25, -0.2) is 4.79 Å². The molecule has 1 aromatic carbocycles. The lowest BCUT2D eigenvalue weighted by Gasteiger charge is -2.35. The Kier molecular flexibility index (Phi) is 5.79. The molecule has 2 bridgehead atoms. The molecule has 0 radical (unpaired) electrons. The second-order valence-electron chi connectivity index (χ2n) is 7.05. The van der Waals surface area contributed by atoms with Gasteiger partial charge in [-0.15, -0.1) is 10.2 Å². The van der Waals surface area contributed by atoms with Crippen LogP contribution in [0.3, 0.4) is 0 Å². The van der Waals surface area contributed by atoms with E-state index in [-0.39, 0.29) is 12.2 Å². The molecule has 0 saturated heterocycles. The number of aryl methyl sites for hydroxylation is 1. The maximum atomic E-state index is 11.5. The molecule has 10 nitrogen and oxygen atoms in total. The summed E-state index contributed by atoms with van der Waals surface area (Å²) < 4.78 is 5.18. The number of aromatic nitrogens is 4. The minimum Gasteiger partial charge on any atom is -0.489 e. The Balaban J connectivity index is 0.000000266. The second-order valence-corrected chi connectivity index (χ2v) is 7.05. The molecule has 0 fully saturated rings. The molecule has 10 heteroatoms. The van der Waals surface area contributed by atoms with E-state index in [0.29, 0.717) is 5.06 Å². The van der Waals surface area contributed by atoms with E-state index in [1.807, 2.05) is 12.1 Å². The molecule has 1 aliphatic rings. The topological polar surface area (TPSA) is 120 Å². The van der Waals surface area contributed by atoms with E-state index in [4.69, 9.17) is 9.57 Å². The number of carboxylic acids is 1. The molecule has 0 saturated carbocycles. The summed E-state index contributed by atoms with van der Waals surface area (Å²) in [5.74, 6) is -0.460. The van der Waals surface area contributed by atoms with E-state index in [1.165, 1.54) is 19.5 Å². The summed E-state index contributed by atoms with van der Waals surface area (Å²) in [6.07, 6.45) is 0.287. The van der Waals surface area contributed by atoms with Crippen LogP contribution < -0.4 is 4.74 Å². The van der Waals surface area contributed by atoms with Crippen molar-refractivity contribution in [2.75, 3.05) is 0 Å². The van der Waals surface area contributed by atoms with Gasteiger partial charge in [-0.3, -0.25) is 9.63 Å². The Morgan fingerprint density at radius 3 is 2.52 bits per heavy atom. The molecular weight excluding hydrogens is 354 g/mol. The summed E-state index contributed by atoms with van der Waals surface area (Å²) >= 11 is 0. The summed E-state index contributed by atoms with van der Waals surface area (Å²) in [4.78, 5) is 29.1. The van der Waals surface area contributed by atoms with Gasteiger partial charge in [0.15, 0.2) is 0 Å². The molecule has 1 amide bonds. The maximum Gasteiger partial charge on any atom is 0.340 e. The number of carbonyl (C=O) groups excluding carboxylic acids is 1. The molecular formula is C17H23N5O5. The number of nitrogens with zero attached hydrogens (tertiary/aromatic N) is 5. The third-order valence-electron chi connectivity index (χ3n) is 3.57. The molecule has 1 unspecified atom stereocenters. The lowest BCUT2D eigenvalue weighted by Crippen LogP contribution is -2.52. The molecule has 27 heavy (non-hydrogen) atoms. The lowest BCUT2D eigenvalue weighted by molar-refractivity contribution is -0.257. The van der Waals surface area contributed by atoms with Crippen LogP contribution in [0.2, 0.25) is 0 Å². The number of fused-ring (bicyclic) bond motifs is 2. The monoisotopic (exact) mass is 377 g/mol. The van der Waals surface area contributed by atoms with E-state index in [0.717, 1.165) is 17.2 Å². The number of aliphatic carboxylic acids is 1. The van der Waals surface area contributed by atoms with Gasteiger partial charge in [-0.1, -0.05) is 12.1 Å². The van der Waals surface area contributed by atoms with Crippen LogP contribution in [0, 0.1) is 0 Å². The lowest BCUT2D eigenvalue weighted by atomic mass is 10.0. The van der Waals surface area contributed by atoms with Crippen LogP contribution in [0.1, 0.15) is 39.1 Å². The van der Waals surface area contributed by atoms with E-state index in [2.05, 4.69) is 27.5 Å². The molecule has 1 atom stereocenters. The van der Waals surface area contributed by atoms with Crippen LogP contribution in [-0.2, 0) is 33.6 Å². The number of ether oxygens (including phenoxy) is 1. The van der Waals surface area contributed by atoms with Gasteiger partial charge in [-0.2, -0.15) is 9.86 Å². The molecule has 2 aromatic rings. The minimum atomic E-state index is -1.86. The number of carboxylic acid groups (broad SMARTS) is 1. The van der Waals surface area contributed by atoms with Crippen LogP contribution in [0.25, 0.3) is 0 Å². The molecule has 1 aliphatic heterocycles. The van der Waals surface area contributed by atoms with E-state index in [1.54, 1.807) is 20.8 Å². The average molecular weight is 377 g/mol. The van der Waals surface area contributed by atoms with Crippen molar-refractivity contribution in [3.8, 4) is 5.75 Å². The first-order valence-electron chi connectivity index (χ1n) is 8.19. The summed E-state index contributed by atoms with van der Waals surface area (Å²) in [7, 11) is 1.49. The van der Waals surface area contributed by atoms with Gasteiger partial charge >= 0.3 is 5.97 Å². The fraction of sp³-hybridized carbons (Fsp3) is 0.471. The Hall–Kier alpha value is -3.01. The molecule has 2 heterocycles. The number of tetrazole rings is 1. The van der Waals surface area contributed by atoms with Crippen LogP contribution in [-0.4, -0.2) is 48.4 Å². The number of hydrogen-bond donors (Lipinski definition) is 1. The van der Waals surface area contributed by atoms with Gasteiger partial charge in [0.25, 0.3) is 0 Å². The molecule has 3 rings (SSSR count). The first-order chi connectivity index (χ1) is 12.6. The van der Waals surface area contributed by atoms with Crippen molar-refractivity contribution in [1.82, 2.24) is 25.3 Å². The molecule has 146 valence electrons. The smallest absolute Gasteiger partial charge is 0.340 e. The maximum absolute atomic E-state index is 11.5. The number of hydrogen-bond acceptors (Lipinski definition) is 7. The van der Waals surface area contributed by atoms with Gasteiger partial charge in [0.2, 0.25) is 17.8 Å². The van der Waals surface area contributed by atoms with Crippen molar-refractivity contribution in [2.24, 2.45) is 7.05 Å². The molecule has 0 spiro atoms. The Morgan fingerprint density at radius 2 is 2.07 bits per heavy atom. The predicted octanol–water partition coefficient (Wildman–Crippen LogP) is 1.28. The van der Waals surface area contributed by atoms with E-state index < -0.39 is 17.1 Å². The highest BCUT2D eigenvalue weighted by Crippen LogP contribution is 2.27. The van der Waals surface area contributed by atoms with Crippen LogP contribution in [0.5, 0.6) is 5.75 Å². The van der Waals surface area contributed by atoms with Crippen LogP contribution >= 0.6 is 0 Å². The van der Waals surface area contributed by atoms with Gasteiger partial charge in [0, 0.05) is 0 Å². The first-order valence-corrected chi connectivity index (χ1v) is 8.19. The zero-order valence-electron chi connectivity index (χ0n) is 15.9. The van der Waals surface area contributed by atoms with E-state index >= 15 is 0 Å². The summed E-state index contributed by atoms with van der Waals surface area (Å²) in [6, 6.07) is 8.10. The summed E-state index contributed by atoms with van der Waals surface area (Å²) in [5.41, 5.74) is -1.33. The normalized spacial score (nSPS) is 14.4. The number of rotatable bonds is 5. The van der Waals surface area contributed by atoms with Gasteiger partial charge < -0.3 is 9.84 Å². The molecule has 0 aliphatic carbocycles. The average Bonchev–Trinajstić information content (AvgIpc) is 3.17. The highest BCUT2D eigenvalue weighted by Gasteiger charge is 2.48. The SMILES string of the molecule is Cn1nnc(C(C)(C(=O)O)N(C=O)OC(C)(C)C)n1.c1cc2cc(c1)OC2. The highest BCUT2D eigenvalue weighted by molar-refractivity contribution is 5.81. The molecule has 1 aromatic heterocycles. The number of benzene rings is 1. The minimum absolute atomic E-state index is 0.140. The first kappa shape index (κ1) is 20.3. The Morgan fingerprint density at radius 1 is 1.37 bits per heavy atom. The molecule has 1 N–H and O–H groups in total. The van der Waals surface area contributed by atoms with Crippen molar-refractivity contribution in [3.63, 3.8) is 0 Å². The van der Waals surface area contributed by atoms with Crippen molar-refractivity contribution in [3.05, 3.63) is 35.7 Å². The quantitative estimate of drug-likeness (QED) is 0.611. The Labute approximate surface area is 156 Å². The highest BCUT2D eigenvalue weighted by atomic mass is 16.7. The number of carbonyl (C=O) groups is 2. The largest absolute Gasteiger partial charge is 0.489 e. The van der Waals surface area contributed by atoms with Crippen molar-refractivity contribution in [2.45, 2.75) is 45.4 Å². The fourth-order valence-electron chi connectivity index (χ4n) is 2.17. The standard InChI is InChI=1S/C10H17N5O4.C7H6O/c1-9(2,3)19-15(6-16)10(4,8(17)18)7-11-13-14(5)12-7;1-2-6-4-7(3-1)8-5-6/h6H,1-5H3,(H,17,18);1-4H,5H2. The summed E-state index contributed by atoms with van der Waals surface area (Å²) in [5, 5.41) is 21.1. The zero-order valence-corrected chi connectivity index (χ0v) is 15.9. The second kappa shape index (κ2) is 7.70. The van der Waals surface area contributed by atoms with Gasteiger partial charge in [0.1, 0.15) is 12.4 Å². The number of hydroxylamine groups is 2. The zero-order chi connectivity index (χ0) is 20.2. The van der Waals surface area contributed by atoms with E-state index in [9.17, 15) is 14.7 Å². The fourth-order valence-corrected chi connectivity index (χ4v) is 2.17. The summed E-state index contributed by atoms with van der Waals surface area (Å²) in [6.45, 7) is 7.11. The third-order valence-corrected chi connectivity index (χ3v) is 3.57. The number of amides is 1. The van der Waals surface area contributed by atoms with Crippen molar-refractivity contribution >= 4 is 12.4 Å².